The van der Waals surface area contributed by atoms with E-state index < -0.39 is 6.10 Å². The van der Waals surface area contributed by atoms with E-state index in [0.29, 0.717) is 23.9 Å². The molecular formula is C13H16BrNO3. The summed E-state index contributed by atoms with van der Waals surface area (Å²) in [6, 6.07) is 3.38. The van der Waals surface area contributed by atoms with Gasteiger partial charge in [0, 0.05) is 18.5 Å². The highest BCUT2D eigenvalue weighted by Gasteiger charge is 2.25. The van der Waals surface area contributed by atoms with Crippen molar-refractivity contribution in [2.75, 3.05) is 0 Å². The molecule has 0 radical (unpaired) electrons. The third-order valence-electron chi connectivity index (χ3n) is 3.28. The quantitative estimate of drug-likeness (QED) is 0.839. The van der Waals surface area contributed by atoms with Crippen LogP contribution >= 0.6 is 15.9 Å². The Bertz CT molecular complexity index is 450. The van der Waals surface area contributed by atoms with E-state index in [1.54, 1.807) is 12.1 Å². The summed E-state index contributed by atoms with van der Waals surface area (Å²) in [6.07, 6.45) is 2.69. The van der Waals surface area contributed by atoms with Crippen LogP contribution in [0, 0.1) is 5.92 Å². The van der Waals surface area contributed by atoms with Crippen molar-refractivity contribution in [1.29, 1.82) is 0 Å². The lowest BCUT2D eigenvalue weighted by Gasteiger charge is -2.24. The molecular weight excluding hydrogens is 298 g/mol. The lowest BCUT2D eigenvalue weighted by molar-refractivity contribution is -0.124. The zero-order valence-electron chi connectivity index (χ0n) is 9.97. The molecule has 1 aliphatic carbocycles. The van der Waals surface area contributed by atoms with Gasteiger partial charge in [-0.05, 0) is 53.2 Å². The van der Waals surface area contributed by atoms with Crippen molar-refractivity contribution in [1.82, 2.24) is 4.98 Å². The number of aliphatic hydroxyl groups is 1. The fourth-order valence-electron chi connectivity index (χ4n) is 2.40. The number of carbonyl (C=O) groups excluding carboxylic acids is 1. The highest BCUT2D eigenvalue weighted by atomic mass is 79.9. The highest BCUT2D eigenvalue weighted by molar-refractivity contribution is 9.10. The summed E-state index contributed by atoms with van der Waals surface area (Å²) in [4.78, 5) is 15.6. The number of hydrogen-bond acceptors (Lipinski definition) is 4. The van der Waals surface area contributed by atoms with Crippen molar-refractivity contribution < 1.29 is 15.0 Å². The van der Waals surface area contributed by atoms with Crippen molar-refractivity contribution in [2.24, 2.45) is 5.92 Å². The van der Waals surface area contributed by atoms with E-state index >= 15 is 0 Å². The minimum Gasteiger partial charge on any atom is -0.505 e. The molecule has 0 amide bonds. The minimum absolute atomic E-state index is 0.127. The second-order valence-electron chi connectivity index (χ2n) is 4.85. The van der Waals surface area contributed by atoms with Crippen LogP contribution in [0.4, 0.5) is 0 Å². The normalized spacial score (nSPS) is 24.2. The van der Waals surface area contributed by atoms with Crippen LogP contribution in [-0.2, 0) is 11.2 Å². The summed E-state index contributed by atoms with van der Waals surface area (Å²) in [5.74, 6) is 0.524. The SMILES string of the molecule is O=C1CC(CCc2ccc(O)c(Br)n2)C[C@H](O)C1. The van der Waals surface area contributed by atoms with E-state index in [9.17, 15) is 15.0 Å². The zero-order chi connectivity index (χ0) is 13.1. The van der Waals surface area contributed by atoms with Crippen LogP contribution in [0.1, 0.15) is 31.4 Å². The van der Waals surface area contributed by atoms with Crippen molar-refractivity contribution in [3.05, 3.63) is 22.4 Å². The Morgan fingerprint density at radius 3 is 2.83 bits per heavy atom. The molecule has 1 aromatic rings. The topological polar surface area (TPSA) is 70.4 Å². The molecule has 0 aliphatic heterocycles. The van der Waals surface area contributed by atoms with Crippen LogP contribution in [0.25, 0.3) is 0 Å². The van der Waals surface area contributed by atoms with Crippen molar-refractivity contribution >= 4 is 21.7 Å². The first-order valence-electron chi connectivity index (χ1n) is 6.08. The Kier molecular flexibility index (Phi) is 4.35. The van der Waals surface area contributed by atoms with Gasteiger partial charge in [0.1, 0.15) is 16.1 Å². The Hall–Kier alpha value is -0.940. The molecule has 2 N–H and O–H groups in total. The zero-order valence-corrected chi connectivity index (χ0v) is 11.6. The monoisotopic (exact) mass is 313 g/mol. The molecule has 0 spiro atoms. The van der Waals surface area contributed by atoms with Gasteiger partial charge in [0.2, 0.25) is 0 Å². The Morgan fingerprint density at radius 1 is 1.39 bits per heavy atom. The molecule has 2 atom stereocenters. The second-order valence-corrected chi connectivity index (χ2v) is 5.60. The number of aryl methyl sites for hydroxylation is 1. The average Bonchev–Trinajstić information content (AvgIpc) is 2.29. The van der Waals surface area contributed by atoms with Gasteiger partial charge in [-0.3, -0.25) is 4.79 Å². The number of aliphatic hydroxyl groups excluding tert-OH is 1. The summed E-state index contributed by atoms with van der Waals surface area (Å²) in [6.45, 7) is 0. The van der Waals surface area contributed by atoms with E-state index in [2.05, 4.69) is 20.9 Å². The molecule has 1 heterocycles. The van der Waals surface area contributed by atoms with Gasteiger partial charge >= 0.3 is 0 Å². The molecule has 1 aliphatic rings. The summed E-state index contributed by atoms with van der Waals surface area (Å²) in [5.41, 5.74) is 0.882. The summed E-state index contributed by atoms with van der Waals surface area (Å²) >= 11 is 3.18. The minimum atomic E-state index is -0.476. The number of aromatic nitrogens is 1. The van der Waals surface area contributed by atoms with Gasteiger partial charge in [-0.2, -0.15) is 0 Å². The van der Waals surface area contributed by atoms with Crippen LogP contribution in [-0.4, -0.2) is 27.1 Å². The maximum absolute atomic E-state index is 11.4. The average molecular weight is 314 g/mol. The van der Waals surface area contributed by atoms with Gasteiger partial charge in [0.25, 0.3) is 0 Å². The van der Waals surface area contributed by atoms with E-state index in [0.717, 1.165) is 18.5 Å². The maximum atomic E-state index is 11.4. The van der Waals surface area contributed by atoms with Crippen LogP contribution < -0.4 is 0 Å². The van der Waals surface area contributed by atoms with Gasteiger partial charge < -0.3 is 10.2 Å². The first-order valence-corrected chi connectivity index (χ1v) is 6.88. The molecule has 1 saturated carbocycles. The second kappa shape index (κ2) is 5.80. The number of carbonyl (C=O) groups is 1. The first-order chi connectivity index (χ1) is 8.54. The number of pyridine rings is 1. The van der Waals surface area contributed by atoms with Crippen molar-refractivity contribution in [3.63, 3.8) is 0 Å². The molecule has 1 unspecified atom stereocenters. The standard InChI is InChI=1S/C13H16BrNO3/c14-13-12(18)4-3-9(15-13)2-1-8-5-10(16)7-11(17)6-8/h3-4,8,10,16,18H,1-2,5-7H2/t8?,10-/m0/s1. The van der Waals surface area contributed by atoms with E-state index in [4.69, 9.17) is 0 Å². The number of hydrogen-bond donors (Lipinski definition) is 2. The number of aromatic hydroxyl groups is 1. The number of nitrogens with zero attached hydrogens (tertiary/aromatic N) is 1. The molecule has 0 aromatic carbocycles. The molecule has 2 rings (SSSR count). The van der Waals surface area contributed by atoms with Gasteiger partial charge in [0.05, 0.1) is 6.10 Å². The molecule has 18 heavy (non-hydrogen) atoms. The third kappa shape index (κ3) is 3.53. The highest BCUT2D eigenvalue weighted by Crippen LogP contribution is 2.27. The van der Waals surface area contributed by atoms with Gasteiger partial charge in [0.15, 0.2) is 0 Å². The van der Waals surface area contributed by atoms with Crippen LogP contribution in [0.5, 0.6) is 5.75 Å². The summed E-state index contributed by atoms with van der Waals surface area (Å²) < 4.78 is 0.444. The van der Waals surface area contributed by atoms with E-state index in [1.165, 1.54) is 0 Å². The third-order valence-corrected chi connectivity index (χ3v) is 3.86. The molecule has 4 nitrogen and oxygen atoms in total. The van der Waals surface area contributed by atoms with E-state index in [1.807, 2.05) is 0 Å². The molecule has 5 heteroatoms. The van der Waals surface area contributed by atoms with Gasteiger partial charge in [-0.15, -0.1) is 0 Å². The molecule has 0 saturated heterocycles. The number of ketones is 1. The maximum Gasteiger partial charge on any atom is 0.148 e. The van der Waals surface area contributed by atoms with Gasteiger partial charge in [-0.25, -0.2) is 4.98 Å². The fraction of sp³-hybridized carbons (Fsp3) is 0.538. The summed E-state index contributed by atoms with van der Waals surface area (Å²) in [7, 11) is 0. The first kappa shape index (κ1) is 13.5. The Labute approximate surface area is 114 Å². The van der Waals surface area contributed by atoms with Crippen LogP contribution in [0.15, 0.2) is 16.7 Å². The fourth-order valence-corrected chi connectivity index (χ4v) is 2.76. The number of halogens is 1. The lowest BCUT2D eigenvalue weighted by Crippen LogP contribution is -2.26. The smallest absolute Gasteiger partial charge is 0.148 e. The summed E-state index contributed by atoms with van der Waals surface area (Å²) in [5, 5.41) is 18.9. The Balaban J connectivity index is 1.90. The number of rotatable bonds is 3. The molecule has 98 valence electrons. The Morgan fingerprint density at radius 2 is 2.17 bits per heavy atom. The van der Waals surface area contributed by atoms with Crippen LogP contribution in [0.3, 0.4) is 0 Å². The predicted octanol–water partition coefficient (Wildman–Crippen LogP) is 2.21. The molecule has 1 fully saturated rings. The van der Waals surface area contributed by atoms with Gasteiger partial charge in [-0.1, -0.05) is 0 Å². The van der Waals surface area contributed by atoms with E-state index in [-0.39, 0.29) is 17.5 Å². The van der Waals surface area contributed by atoms with Crippen molar-refractivity contribution in [3.8, 4) is 5.75 Å². The number of Topliss-reactive ketones (excluding diaryl/α,β-unsaturated/α-hetero) is 1. The van der Waals surface area contributed by atoms with Crippen LogP contribution in [0.2, 0.25) is 0 Å². The molecule has 0 bridgehead atoms. The van der Waals surface area contributed by atoms with Crippen molar-refractivity contribution in [2.45, 2.75) is 38.2 Å². The lowest BCUT2D eigenvalue weighted by atomic mass is 9.83. The predicted molar refractivity (Wildman–Crippen MR) is 70.3 cm³/mol. The largest absolute Gasteiger partial charge is 0.505 e. The molecule has 1 aromatic heterocycles.